The van der Waals surface area contributed by atoms with Crippen LogP contribution in [0.1, 0.15) is 60.8 Å². The fraction of sp³-hybridized carbons (Fsp3) is 0.769. The van der Waals surface area contributed by atoms with Gasteiger partial charge in [-0.2, -0.15) is 0 Å². The molecular weight excluding hydrogens is 262 g/mol. The molecule has 1 aliphatic carbocycles. The van der Waals surface area contributed by atoms with E-state index in [0.717, 1.165) is 42.9 Å². The fourth-order valence-corrected chi connectivity index (χ4v) is 3.42. The van der Waals surface area contributed by atoms with E-state index in [9.17, 15) is 9.90 Å². The van der Waals surface area contributed by atoms with E-state index >= 15 is 0 Å². The van der Waals surface area contributed by atoms with Crippen molar-refractivity contribution in [2.75, 3.05) is 13.6 Å². The highest BCUT2D eigenvalue weighted by atomic mass is 32.1. The second-order valence-corrected chi connectivity index (χ2v) is 6.49. The normalized spacial score (nSPS) is 17.9. The number of hydrogen-bond acceptors (Lipinski definition) is 5. The summed E-state index contributed by atoms with van der Waals surface area (Å²) in [6.45, 7) is 4.39. The molecule has 0 aliphatic heterocycles. The van der Waals surface area contributed by atoms with Crippen LogP contribution in [0, 0.1) is 0 Å². The van der Waals surface area contributed by atoms with Crippen molar-refractivity contribution in [3.05, 3.63) is 10.6 Å². The monoisotopic (exact) mass is 283 g/mol. The zero-order valence-corrected chi connectivity index (χ0v) is 12.5. The summed E-state index contributed by atoms with van der Waals surface area (Å²) in [5, 5.41) is 14.4. The van der Waals surface area contributed by atoms with E-state index < -0.39 is 5.60 Å². The van der Waals surface area contributed by atoms with Gasteiger partial charge in [0.15, 0.2) is 0 Å². The molecule has 5 nitrogen and oxygen atoms in total. The fourth-order valence-electron chi connectivity index (χ4n) is 2.60. The van der Waals surface area contributed by atoms with E-state index in [-0.39, 0.29) is 11.8 Å². The third-order valence-electron chi connectivity index (χ3n) is 3.67. The number of hydrogen-bond donors (Lipinski definition) is 1. The van der Waals surface area contributed by atoms with Crippen molar-refractivity contribution in [2.24, 2.45) is 0 Å². The van der Waals surface area contributed by atoms with Crippen molar-refractivity contribution in [1.29, 1.82) is 0 Å². The van der Waals surface area contributed by atoms with E-state index in [1.54, 1.807) is 11.9 Å². The quantitative estimate of drug-likeness (QED) is 0.918. The van der Waals surface area contributed by atoms with Gasteiger partial charge in [0.2, 0.25) is 0 Å². The van der Waals surface area contributed by atoms with Crippen molar-refractivity contribution in [3.63, 3.8) is 0 Å². The number of rotatable bonds is 4. The lowest BCUT2D eigenvalue weighted by atomic mass is 10.0. The number of likely N-dealkylation sites (N-methyl/N-ethyl adjacent to an activating group) is 1. The maximum absolute atomic E-state index is 12.4. The van der Waals surface area contributed by atoms with Gasteiger partial charge in [-0.25, -0.2) is 0 Å². The van der Waals surface area contributed by atoms with Crippen LogP contribution in [0.2, 0.25) is 0 Å². The average molecular weight is 283 g/mol. The van der Waals surface area contributed by atoms with E-state index in [0.29, 0.717) is 11.4 Å². The van der Waals surface area contributed by atoms with Crippen LogP contribution in [0.25, 0.3) is 0 Å². The average Bonchev–Trinajstić information content (AvgIpc) is 2.96. The van der Waals surface area contributed by atoms with Crippen molar-refractivity contribution in [2.45, 2.75) is 51.0 Å². The third-order valence-corrected chi connectivity index (χ3v) is 4.40. The van der Waals surface area contributed by atoms with Crippen molar-refractivity contribution < 1.29 is 9.90 Å². The van der Waals surface area contributed by atoms with Gasteiger partial charge >= 0.3 is 0 Å². The first kappa shape index (κ1) is 14.4. The van der Waals surface area contributed by atoms with Gasteiger partial charge in [0, 0.05) is 13.6 Å². The summed E-state index contributed by atoms with van der Waals surface area (Å²) in [7, 11) is 1.74. The second kappa shape index (κ2) is 5.54. The number of aromatic nitrogens is 2. The molecule has 1 heterocycles. The highest BCUT2D eigenvalue weighted by Gasteiger charge is 2.34. The van der Waals surface area contributed by atoms with Crippen LogP contribution in [-0.2, 0) is 0 Å². The van der Waals surface area contributed by atoms with E-state index in [1.165, 1.54) is 0 Å². The molecule has 1 saturated carbocycles. The summed E-state index contributed by atoms with van der Waals surface area (Å²) in [6.07, 6.45) is 3.64. The Morgan fingerprint density at radius 3 is 2.68 bits per heavy atom. The lowest BCUT2D eigenvalue weighted by Crippen LogP contribution is -2.42. The summed E-state index contributed by atoms with van der Waals surface area (Å²) in [6, 6.07) is 0. The molecule has 6 heteroatoms. The van der Waals surface area contributed by atoms with Crippen molar-refractivity contribution in [1.82, 2.24) is 14.5 Å². The van der Waals surface area contributed by atoms with Gasteiger partial charge in [0.25, 0.3) is 5.91 Å². The van der Waals surface area contributed by atoms with Gasteiger partial charge in [-0.3, -0.25) is 4.79 Å². The van der Waals surface area contributed by atoms with Crippen molar-refractivity contribution >= 4 is 17.4 Å². The molecule has 1 fully saturated rings. The van der Waals surface area contributed by atoms with Crippen molar-refractivity contribution in [3.8, 4) is 0 Å². The van der Waals surface area contributed by atoms with Crippen LogP contribution in [0.5, 0.6) is 0 Å². The summed E-state index contributed by atoms with van der Waals surface area (Å²) in [5.74, 6) is 0.0969. The molecule has 1 aliphatic rings. The molecule has 19 heavy (non-hydrogen) atoms. The predicted octanol–water partition coefficient (Wildman–Crippen LogP) is 2.04. The molecule has 0 atom stereocenters. The van der Waals surface area contributed by atoms with E-state index in [1.807, 2.05) is 13.8 Å². The molecule has 2 rings (SSSR count). The minimum atomic E-state index is -0.708. The number of aliphatic hydroxyl groups is 1. The number of amides is 1. The summed E-state index contributed by atoms with van der Waals surface area (Å²) >= 11 is 1.14. The lowest BCUT2D eigenvalue weighted by molar-refractivity contribution is 0.0158. The van der Waals surface area contributed by atoms with Gasteiger partial charge in [-0.05, 0) is 30.3 Å². The molecule has 1 aromatic rings. The summed E-state index contributed by atoms with van der Waals surface area (Å²) < 4.78 is 3.88. The predicted molar refractivity (Wildman–Crippen MR) is 74.4 cm³/mol. The van der Waals surface area contributed by atoms with Gasteiger partial charge in [-0.15, -0.1) is 5.10 Å². The molecule has 1 N–H and O–H groups in total. The molecule has 0 unspecified atom stereocenters. The standard InChI is InChI=1S/C13H21N3O2S/c1-9(2)10-11(19-15-14-10)12(17)16(3)8-13(18)6-4-5-7-13/h9,18H,4-8H2,1-3H3. The zero-order chi connectivity index (χ0) is 14.0. The lowest BCUT2D eigenvalue weighted by Gasteiger charge is -2.28. The molecule has 0 saturated heterocycles. The highest BCUT2D eigenvalue weighted by Crippen LogP contribution is 2.30. The third kappa shape index (κ3) is 3.12. The first-order valence-electron chi connectivity index (χ1n) is 6.73. The van der Waals surface area contributed by atoms with Crippen LogP contribution in [-0.4, -0.2) is 44.7 Å². The smallest absolute Gasteiger partial charge is 0.267 e. The Morgan fingerprint density at radius 1 is 1.47 bits per heavy atom. The Hall–Kier alpha value is -1.01. The first-order chi connectivity index (χ1) is 8.93. The van der Waals surface area contributed by atoms with Gasteiger partial charge < -0.3 is 10.0 Å². The number of carbonyl (C=O) groups is 1. The Morgan fingerprint density at radius 2 is 2.11 bits per heavy atom. The topological polar surface area (TPSA) is 66.3 Å². The van der Waals surface area contributed by atoms with Gasteiger partial charge in [-0.1, -0.05) is 31.2 Å². The molecule has 106 valence electrons. The minimum Gasteiger partial charge on any atom is -0.388 e. The van der Waals surface area contributed by atoms with Gasteiger partial charge in [0.1, 0.15) is 4.88 Å². The summed E-state index contributed by atoms with van der Waals surface area (Å²) in [5.41, 5.74) is 0.0424. The zero-order valence-electron chi connectivity index (χ0n) is 11.7. The maximum atomic E-state index is 12.4. The molecule has 0 radical (unpaired) electrons. The number of carbonyl (C=O) groups excluding carboxylic acids is 1. The van der Waals surface area contributed by atoms with Crippen LogP contribution in [0.3, 0.4) is 0 Å². The molecule has 0 aromatic carbocycles. The van der Waals surface area contributed by atoms with E-state index in [4.69, 9.17) is 0 Å². The van der Waals surface area contributed by atoms with Crippen LogP contribution in [0.4, 0.5) is 0 Å². The minimum absolute atomic E-state index is 0.0842. The molecule has 1 aromatic heterocycles. The Labute approximate surface area is 117 Å². The molecule has 0 spiro atoms. The largest absolute Gasteiger partial charge is 0.388 e. The number of nitrogens with zero attached hydrogens (tertiary/aromatic N) is 3. The molecular formula is C13H21N3O2S. The highest BCUT2D eigenvalue weighted by molar-refractivity contribution is 7.08. The Balaban J connectivity index is 2.08. The van der Waals surface area contributed by atoms with Crippen LogP contribution >= 0.6 is 11.5 Å². The SMILES string of the molecule is CC(C)c1nnsc1C(=O)N(C)CC1(O)CCCC1. The first-order valence-corrected chi connectivity index (χ1v) is 7.50. The van der Waals surface area contributed by atoms with Crippen LogP contribution < -0.4 is 0 Å². The summed E-state index contributed by atoms with van der Waals surface area (Å²) in [4.78, 5) is 14.6. The maximum Gasteiger partial charge on any atom is 0.267 e. The Kier molecular flexibility index (Phi) is 4.20. The van der Waals surface area contributed by atoms with E-state index in [2.05, 4.69) is 9.59 Å². The van der Waals surface area contributed by atoms with Gasteiger partial charge in [0.05, 0.1) is 11.3 Å². The Bertz CT molecular complexity index is 452. The molecule has 1 amide bonds. The molecule has 0 bridgehead atoms. The second-order valence-electron chi connectivity index (χ2n) is 5.73. The van der Waals surface area contributed by atoms with Crippen LogP contribution in [0.15, 0.2) is 0 Å².